The Labute approximate surface area is 137 Å². The van der Waals surface area contributed by atoms with Gasteiger partial charge in [-0.1, -0.05) is 13.3 Å². The van der Waals surface area contributed by atoms with E-state index < -0.39 is 5.97 Å². The molecule has 1 amide bonds. The number of H-pyrrole nitrogens is 1. The van der Waals surface area contributed by atoms with Crippen LogP contribution >= 0.6 is 0 Å². The average Bonchev–Trinajstić information content (AvgIpc) is 3.07. The monoisotopic (exact) mass is 320 g/mol. The fraction of sp³-hybridized carbons (Fsp3) is 0.588. The van der Waals surface area contributed by atoms with Crippen molar-refractivity contribution in [3.8, 4) is 0 Å². The molecule has 2 N–H and O–H groups in total. The lowest BCUT2D eigenvalue weighted by Gasteiger charge is -2.14. The van der Waals surface area contributed by atoms with Gasteiger partial charge in [-0.25, -0.2) is 9.78 Å². The maximum absolute atomic E-state index is 12.3. The lowest BCUT2D eigenvalue weighted by molar-refractivity contribution is -0.364. The first kappa shape index (κ1) is 17.2. The first-order valence-electron chi connectivity index (χ1n) is 8.34. The van der Waals surface area contributed by atoms with Gasteiger partial charge in [-0.3, -0.25) is 9.69 Å². The highest BCUT2D eigenvalue weighted by atomic mass is 16.5. The largest absolute Gasteiger partial charge is 0.452 e. The van der Waals surface area contributed by atoms with Crippen molar-refractivity contribution in [1.29, 1.82) is 0 Å². The number of hydrogen-bond acceptors (Lipinski definition) is 4. The second kappa shape index (κ2) is 8.50. The molecule has 1 aromatic rings. The van der Waals surface area contributed by atoms with Crippen LogP contribution in [0.1, 0.15) is 49.9 Å². The first-order valence-corrected chi connectivity index (χ1v) is 8.34. The minimum absolute atomic E-state index is 0.0939. The van der Waals surface area contributed by atoms with E-state index in [4.69, 9.17) is 4.74 Å². The third-order valence-electron chi connectivity index (χ3n) is 3.94. The van der Waals surface area contributed by atoms with Crippen LogP contribution in [0, 0.1) is 0 Å². The highest BCUT2D eigenvalue weighted by Gasteiger charge is 2.27. The van der Waals surface area contributed by atoms with Crippen molar-refractivity contribution in [2.45, 2.75) is 45.6 Å². The number of aromatic amines is 1. The standard InChI is InChI=1S/C17H25N3O3/c1-3-7-13(2)19-15(21)12-23-17(22)14-8-6-9-18-16(14)20-10-4-5-11-20/h6,8-9,13H,3-5,7,10-12H2,1-2H3,(H,19,21)/p+1/t13-/m0/s1. The third-order valence-corrected chi connectivity index (χ3v) is 3.94. The molecule has 1 saturated heterocycles. The summed E-state index contributed by atoms with van der Waals surface area (Å²) in [5, 5.41) is 2.82. The molecule has 126 valence electrons. The SMILES string of the molecule is CCC[C@H](C)NC(=O)COC(=O)c1ccc[nH+]c1N1CCCC1. The van der Waals surface area contributed by atoms with Gasteiger partial charge in [0.25, 0.3) is 11.7 Å². The molecule has 0 bridgehead atoms. The number of carbonyl (C=O) groups is 2. The van der Waals surface area contributed by atoms with Crippen molar-refractivity contribution in [3.05, 3.63) is 23.9 Å². The van der Waals surface area contributed by atoms with Crippen LogP contribution in [-0.4, -0.2) is 37.6 Å². The van der Waals surface area contributed by atoms with Crippen LogP contribution < -0.4 is 15.2 Å². The van der Waals surface area contributed by atoms with Crippen LogP contribution in [0.15, 0.2) is 18.3 Å². The highest BCUT2D eigenvalue weighted by molar-refractivity contribution is 5.95. The Morgan fingerprint density at radius 3 is 2.83 bits per heavy atom. The van der Waals surface area contributed by atoms with Crippen LogP contribution in [0.2, 0.25) is 0 Å². The Kier molecular flexibility index (Phi) is 6.38. The molecule has 2 heterocycles. The summed E-state index contributed by atoms with van der Waals surface area (Å²) in [5.41, 5.74) is 0.476. The van der Waals surface area contributed by atoms with Crippen molar-refractivity contribution in [2.24, 2.45) is 0 Å². The third kappa shape index (κ3) is 4.94. The number of nitrogens with one attached hydrogen (secondary N) is 2. The van der Waals surface area contributed by atoms with Crippen molar-refractivity contribution in [3.63, 3.8) is 0 Å². The van der Waals surface area contributed by atoms with Gasteiger partial charge in [0, 0.05) is 6.04 Å². The van der Waals surface area contributed by atoms with Gasteiger partial charge >= 0.3 is 5.97 Å². The number of carbonyl (C=O) groups excluding carboxylic acids is 2. The first-order chi connectivity index (χ1) is 11.1. The number of esters is 1. The maximum atomic E-state index is 12.3. The number of aromatic nitrogens is 1. The smallest absolute Gasteiger partial charge is 0.347 e. The Hall–Kier alpha value is -2.11. The summed E-state index contributed by atoms with van der Waals surface area (Å²) in [7, 11) is 0. The van der Waals surface area contributed by atoms with Gasteiger partial charge in [0.05, 0.1) is 19.3 Å². The molecule has 6 nitrogen and oxygen atoms in total. The number of rotatable bonds is 7. The molecule has 1 fully saturated rings. The average molecular weight is 320 g/mol. The summed E-state index contributed by atoms with van der Waals surface area (Å²) in [6.07, 6.45) is 5.94. The normalized spacial score (nSPS) is 15.3. The number of amides is 1. The number of pyridine rings is 1. The van der Waals surface area contributed by atoms with Crippen molar-refractivity contribution >= 4 is 17.7 Å². The molecule has 2 rings (SSSR count). The van der Waals surface area contributed by atoms with Crippen LogP contribution in [0.4, 0.5) is 5.82 Å². The molecule has 1 aliphatic heterocycles. The predicted molar refractivity (Wildman–Crippen MR) is 87.2 cm³/mol. The fourth-order valence-corrected chi connectivity index (χ4v) is 2.83. The van der Waals surface area contributed by atoms with Gasteiger partial charge < -0.3 is 10.1 Å². The van der Waals surface area contributed by atoms with Gasteiger partial charge in [0.2, 0.25) is 0 Å². The van der Waals surface area contributed by atoms with E-state index >= 15 is 0 Å². The summed E-state index contributed by atoms with van der Waals surface area (Å²) < 4.78 is 5.17. The summed E-state index contributed by atoms with van der Waals surface area (Å²) in [6, 6.07) is 3.58. The Bertz CT molecular complexity index is 542. The molecule has 0 aromatic carbocycles. The topological polar surface area (TPSA) is 72.8 Å². The second-order valence-corrected chi connectivity index (χ2v) is 5.96. The van der Waals surface area contributed by atoms with Gasteiger partial charge in [0.1, 0.15) is 5.56 Å². The number of hydrogen-bond donors (Lipinski definition) is 1. The molecule has 0 saturated carbocycles. The van der Waals surface area contributed by atoms with E-state index in [1.165, 1.54) is 0 Å². The maximum Gasteiger partial charge on any atom is 0.347 e. The summed E-state index contributed by atoms with van der Waals surface area (Å²) in [4.78, 5) is 29.3. The number of nitrogens with zero attached hydrogens (tertiary/aromatic N) is 1. The molecule has 1 aliphatic rings. The molecule has 1 atom stereocenters. The molecule has 0 spiro atoms. The van der Waals surface area contributed by atoms with Crippen molar-refractivity contribution in [1.82, 2.24) is 5.32 Å². The minimum Gasteiger partial charge on any atom is -0.452 e. The quantitative estimate of drug-likeness (QED) is 0.774. The van der Waals surface area contributed by atoms with E-state index in [2.05, 4.69) is 22.1 Å². The lowest BCUT2D eigenvalue weighted by atomic mass is 10.2. The molecule has 0 radical (unpaired) electrons. The van der Waals surface area contributed by atoms with Gasteiger partial charge in [-0.2, -0.15) is 0 Å². The van der Waals surface area contributed by atoms with Gasteiger partial charge in [0.15, 0.2) is 6.61 Å². The zero-order chi connectivity index (χ0) is 16.7. The summed E-state index contributed by atoms with van der Waals surface area (Å²) in [5.74, 6) is 0.0405. The summed E-state index contributed by atoms with van der Waals surface area (Å²) in [6.45, 7) is 5.61. The van der Waals surface area contributed by atoms with E-state index in [0.717, 1.165) is 44.6 Å². The molecule has 0 unspecified atom stereocenters. The van der Waals surface area contributed by atoms with Gasteiger partial charge in [-0.15, -0.1) is 0 Å². The Balaban J connectivity index is 1.92. The second-order valence-electron chi connectivity index (χ2n) is 5.96. The number of anilines is 1. The Morgan fingerprint density at radius 2 is 2.13 bits per heavy atom. The van der Waals surface area contributed by atoms with E-state index in [9.17, 15) is 9.59 Å². The molecular weight excluding hydrogens is 294 g/mol. The van der Waals surface area contributed by atoms with Crippen LogP contribution in [0.25, 0.3) is 0 Å². The highest BCUT2D eigenvalue weighted by Crippen LogP contribution is 2.20. The lowest BCUT2D eigenvalue weighted by Crippen LogP contribution is -2.36. The summed E-state index contributed by atoms with van der Waals surface area (Å²) >= 11 is 0. The predicted octanol–water partition coefficient (Wildman–Crippen LogP) is 1.56. The van der Waals surface area contributed by atoms with Crippen LogP contribution in [0.3, 0.4) is 0 Å². The Morgan fingerprint density at radius 1 is 1.39 bits per heavy atom. The molecule has 0 aliphatic carbocycles. The molecular formula is C17H26N3O3+. The molecule has 6 heteroatoms. The molecule has 1 aromatic heterocycles. The van der Waals surface area contributed by atoms with Crippen LogP contribution in [-0.2, 0) is 9.53 Å². The van der Waals surface area contributed by atoms with Gasteiger partial charge in [-0.05, 0) is 38.3 Å². The van der Waals surface area contributed by atoms with E-state index in [0.29, 0.717) is 5.56 Å². The van der Waals surface area contributed by atoms with Crippen molar-refractivity contribution < 1.29 is 19.3 Å². The van der Waals surface area contributed by atoms with E-state index in [1.54, 1.807) is 18.3 Å². The minimum atomic E-state index is -0.470. The van der Waals surface area contributed by atoms with Crippen LogP contribution in [0.5, 0.6) is 0 Å². The van der Waals surface area contributed by atoms with E-state index in [1.807, 2.05) is 6.92 Å². The zero-order valence-electron chi connectivity index (χ0n) is 13.9. The number of ether oxygens (including phenoxy) is 1. The van der Waals surface area contributed by atoms with E-state index in [-0.39, 0.29) is 18.6 Å². The van der Waals surface area contributed by atoms with Crippen molar-refractivity contribution in [2.75, 3.05) is 24.6 Å². The zero-order valence-corrected chi connectivity index (χ0v) is 13.9. The fourth-order valence-electron chi connectivity index (χ4n) is 2.83. The molecule has 23 heavy (non-hydrogen) atoms.